The molecular weight excluding hydrogens is 440 g/mol. The largest absolute Gasteiger partial charge is 0.454 e. The van der Waals surface area contributed by atoms with Crippen LogP contribution in [0.5, 0.6) is 11.5 Å². The number of sulfonamides is 1. The zero-order valence-electron chi connectivity index (χ0n) is 18.9. The first kappa shape index (κ1) is 22.2. The van der Waals surface area contributed by atoms with E-state index in [1.807, 2.05) is 37.3 Å². The molecular formula is C25H30N2O5S. The van der Waals surface area contributed by atoms with Gasteiger partial charge in [-0.3, -0.25) is 4.79 Å². The Balaban J connectivity index is 1.19. The molecule has 1 saturated heterocycles. The first-order valence-electron chi connectivity index (χ1n) is 11.7. The first-order chi connectivity index (χ1) is 15.9. The highest BCUT2D eigenvalue weighted by atomic mass is 32.2. The number of nitrogens with zero attached hydrogens (tertiary/aromatic N) is 1. The minimum atomic E-state index is -3.54. The van der Waals surface area contributed by atoms with E-state index in [1.165, 1.54) is 16.3 Å². The van der Waals surface area contributed by atoms with Crippen molar-refractivity contribution in [3.8, 4) is 11.5 Å². The lowest BCUT2D eigenvalue weighted by molar-refractivity contribution is -0.126. The number of amides is 1. The van der Waals surface area contributed by atoms with Crippen LogP contribution in [0.2, 0.25) is 0 Å². The number of aryl methyl sites for hydroxylation is 2. The molecule has 2 aliphatic heterocycles. The van der Waals surface area contributed by atoms with Gasteiger partial charge in [0, 0.05) is 19.0 Å². The molecule has 3 aliphatic rings. The molecule has 5 rings (SSSR count). The Morgan fingerprint density at radius 1 is 1.00 bits per heavy atom. The summed E-state index contributed by atoms with van der Waals surface area (Å²) in [5, 5.41) is 3.07. The van der Waals surface area contributed by atoms with Crippen molar-refractivity contribution in [2.75, 3.05) is 19.9 Å². The molecule has 0 saturated carbocycles. The van der Waals surface area contributed by atoms with Crippen molar-refractivity contribution in [1.29, 1.82) is 0 Å². The van der Waals surface area contributed by atoms with E-state index < -0.39 is 10.0 Å². The second-order valence-electron chi connectivity index (χ2n) is 9.16. The van der Waals surface area contributed by atoms with Crippen molar-refractivity contribution >= 4 is 15.9 Å². The van der Waals surface area contributed by atoms with Crippen molar-refractivity contribution in [3.05, 3.63) is 53.1 Å². The van der Waals surface area contributed by atoms with E-state index in [1.54, 1.807) is 6.07 Å². The summed E-state index contributed by atoms with van der Waals surface area (Å²) >= 11 is 0. The van der Waals surface area contributed by atoms with Gasteiger partial charge >= 0.3 is 0 Å². The summed E-state index contributed by atoms with van der Waals surface area (Å²) in [4.78, 5) is 13.2. The molecule has 1 unspecified atom stereocenters. The number of carbonyl (C=O) groups is 1. The van der Waals surface area contributed by atoms with E-state index in [0.717, 1.165) is 30.4 Å². The molecule has 1 amide bonds. The summed E-state index contributed by atoms with van der Waals surface area (Å²) in [6.07, 6.45) is 5.29. The first-order valence-corrected chi connectivity index (χ1v) is 13.2. The molecule has 176 valence electrons. The van der Waals surface area contributed by atoms with Gasteiger partial charge in [0.05, 0.1) is 10.9 Å². The van der Waals surface area contributed by atoms with Crippen molar-refractivity contribution in [1.82, 2.24) is 9.62 Å². The van der Waals surface area contributed by atoms with E-state index in [9.17, 15) is 13.2 Å². The summed E-state index contributed by atoms with van der Waals surface area (Å²) in [6, 6.07) is 11.1. The van der Waals surface area contributed by atoms with Gasteiger partial charge in [0.25, 0.3) is 0 Å². The predicted molar refractivity (Wildman–Crippen MR) is 124 cm³/mol. The van der Waals surface area contributed by atoms with Gasteiger partial charge in [-0.25, -0.2) is 8.42 Å². The molecule has 0 bridgehead atoms. The Morgan fingerprint density at radius 2 is 1.73 bits per heavy atom. The SMILES string of the molecule is CC(NC(=O)C1CCN(S(=O)(=O)c2ccc3c(c2)CCCC3)CC1)c1ccc2c(c1)OCO2. The smallest absolute Gasteiger partial charge is 0.243 e. The van der Waals surface area contributed by atoms with Crippen LogP contribution in [0.3, 0.4) is 0 Å². The molecule has 8 heteroatoms. The number of benzene rings is 2. The van der Waals surface area contributed by atoms with E-state index in [0.29, 0.717) is 42.3 Å². The maximum Gasteiger partial charge on any atom is 0.243 e. The summed E-state index contributed by atoms with van der Waals surface area (Å²) in [5.41, 5.74) is 3.38. The van der Waals surface area contributed by atoms with E-state index in [2.05, 4.69) is 5.32 Å². The van der Waals surface area contributed by atoms with Crippen LogP contribution in [-0.2, 0) is 27.7 Å². The summed E-state index contributed by atoms with van der Waals surface area (Å²) in [5.74, 6) is 1.17. The van der Waals surface area contributed by atoms with Gasteiger partial charge in [-0.15, -0.1) is 0 Å². The summed E-state index contributed by atoms with van der Waals surface area (Å²) < 4.78 is 38.7. The molecule has 1 atom stereocenters. The minimum absolute atomic E-state index is 0.0361. The van der Waals surface area contributed by atoms with Gasteiger partial charge in [-0.05, 0) is 86.4 Å². The van der Waals surface area contributed by atoms with Crippen molar-refractivity contribution in [2.45, 2.75) is 56.4 Å². The molecule has 0 aromatic heterocycles. The van der Waals surface area contributed by atoms with Crippen LogP contribution < -0.4 is 14.8 Å². The average molecular weight is 471 g/mol. The quantitative estimate of drug-likeness (QED) is 0.722. The Hall–Kier alpha value is -2.58. The van der Waals surface area contributed by atoms with Crippen LogP contribution in [0.25, 0.3) is 0 Å². The molecule has 7 nitrogen and oxygen atoms in total. The summed E-state index contributed by atoms with van der Waals surface area (Å²) in [6.45, 7) is 2.86. The van der Waals surface area contributed by atoms with Crippen LogP contribution in [0.15, 0.2) is 41.3 Å². The maximum absolute atomic E-state index is 13.2. The number of hydrogen-bond acceptors (Lipinski definition) is 5. The van der Waals surface area contributed by atoms with Crippen molar-refractivity contribution in [3.63, 3.8) is 0 Å². The van der Waals surface area contributed by atoms with Crippen molar-refractivity contribution < 1.29 is 22.7 Å². The van der Waals surface area contributed by atoms with Crippen LogP contribution in [0.1, 0.15) is 55.3 Å². The number of nitrogens with one attached hydrogen (secondary N) is 1. The molecule has 2 heterocycles. The second kappa shape index (κ2) is 8.99. The molecule has 1 aliphatic carbocycles. The monoisotopic (exact) mass is 470 g/mol. The molecule has 0 radical (unpaired) electrons. The lowest BCUT2D eigenvalue weighted by atomic mass is 9.92. The number of fused-ring (bicyclic) bond motifs is 2. The number of ether oxygens (including phenoxy) is 2. The topological polar surface area (TPSA) is 84.9 Å². The molecule has 2 aromatic rings. The Bertz CT molecular complexity index is 1160. The van der Waals surface area contributed by atoms with Crippen LogP contribution in [-0.4, -0.2) is 38.5 Å². The van der Waals surface area contributed by atoms with E-state index >= 15 is 0 Å². The number of hydrogen-bond donors (Lipinski definition) is 1. The molecule has 1 N–H and O–H groups in total. The van der Waals surface area contributed by atoms with Crippen LogP contribution >= 0.6 is 0 Å². The van der Waals surface area contributed by atoms with Gasteiger partial charge in [0.15, 0.2) is 11.5 Å². The van der Waals surface area contributed by atoms with Crippen LogP contribution in [0.4, 0.5) is 0 Å². The second-order valence-corrected chi connectivity index (χ2v) is 11.1. The van der Waals surface area contributed by atoms with Gasteiger partial charge in [0.1, 0.15) is 0 Å². The molecule has 0 spiro atoms. The molecule has 2 aromatic carbocycles. The fourth-order valence-corrected chi connectivity index (χ4v) is 6.50. The Kier molecular flexibility index (Phi) is 6.05. The predicted octanol–water partition coefficient (Wildman–Crippen LogP) is 3.57. The normalized spacial score (nSPS) is 19.7. The zero-order chi connectivity index (χ0) is 23.0. The lowest BCUT2D eigenvalue weighted by Crippen LogP contribution is -2.43. The van der Waals surface area contributed by atoms with Gasteiger partial charge < -0.3 is 14.8 Å². The highest BCUT2D eigenvalue weighted by Gasteiger charge is 2.33. The zero-order valence-corrected chi connectivity index (χ0v) is 19.7. The standard InChI is InChI=1S/C25H30N2O5S/c1-17(20-7-9-23-24(15-20)32-16-31-23)26-25(28)19-10-12-27(13-11-19)33(29,30)22-8-6-18-4-2-3-5-21(18)14-22/h6-9,14-15,17,19H,2-5,10-13,16H2,1H3,(H,26,28). The van der Waals surface area contributed by atoms with Gasteiger partial charge in [-0.2, -0.15) is 4.31 Å². The highest BCUT2D eigenvalue weighted by molar-refractivity contribution is 7.89. The van der Waals surface area contributed by atoms with Gasteiger partial charge in [-0.1, -0.05) is 12.1 Å². The average Bonchev–Trinajstić information content (AvgIpc) is 3.31. The fraction of sp³-hybridized carbons (Fsp3) is 0.480. The van der Waals surface area contributed by atoms with E-state index in [4.69, 9.17) is 9.47 Å². The fourth-order valence-electron chi connectivity index (χ4n) is 4.97. The summed E-state index contributed by atoms with van der Waals surface area (Å²) in [7, 11) is -3.54. The molecule has 1 fully saturated rings. The number of piperidine rings is 1. The highest BCUT2D eigenvalue weighted by Crippen LogP contribution is 2.34. The van der Waals surface area contributed by atoms with Crippen molar-refractivity contribution in [2.24, 2.45) is 5.92 Å². The third-order valence-corrected chi connectivity index (χ3v) is 8.93. The third kappa shape index (κ3) is 4.46. The number of rotatable bonds is 5. The third-order valence-electron chi connectivity index (χ3n) is 7.04. The van der Waals surface area contributed by atoms with E-state index in [-0.39, 0.29) is 24.7 Å². The number of carbonyl (C=O) groups excluding carboxylic acids is 1. The van der Waals surface area contributed by atoms with Gasteiger partial charge in [0.2, 0.25) is 22.7 Å². The van der Waals surface area contributed by atoms with Crippen LogP contribution in [0, 0.1) is 5.92 Å². The lowest BCUT2D eigenvalue weighted by Gasteiger charge is -2.31. The minimum Gasteiger partial charge on any atom is -0.454 e. The molecule has 33 heavy (non-hydrogen) atoms. The Morgan fingerprint density at radius 3 is 2.52 bits per heavy atom. The Labute approximate surface area is 195 Å². The maximum atomic E-state index is 13.2.